The van der Waals surface area contributed by atoms with E-state index in [0.717, 1.165) is 17.1 Å². The van der Waals surface area contributed by atoms with Crippen molar-refractivity contribution in [3.05, 3.63) is 85.9 Å². The normalized spacial score (nSPS) is 13.7. The molecule has 172 valence electrons. The van der Waals surface area contributed by atoms with Gasteiger partial charge in [0, 0.05) is 38.1 Å². The Balaban J connectivity index is 1.37. The quantitative estimate of drug-likeness (QED) is 0.218. The highest BCUT2D eigenvalue weighted by Crippen LogP contribution is 2.30. The molecule has 0 amide bonds. The smallest absolute Gasteiger partial charge is 0.338 e. The summed E-state index contributed by atoms with van der Waals surface area (Å²) in [6, 6.07) is 14.7. The highest BCUT2D eigenvalue weighted by atomic mass is 32.1. The average molecular weight is 469 g/mol. The van der Waals surface area contributed by atoms with Gasteiger partial charge in [0.15, 0.2) is 12.2 Å². The minimum absolute atomic E-state index is 0.0950. The molecule has 0 saturated carbocycles. The van der Waals surface area contributed by atoms with E-state index in [4.69, 9.17) is 9.47 Å². The van der Waals surface area contributed by atoms with Crippen LogP contribution >= 0.6 is 11.3 Å². The first-order valence-electron chi connectivity index (χ1n) is 10.8. The summed E-state index contributed by atoms with van der Waals surface area (Å²) < 4.78 is 12.9. The Hall–Kier alpha value is -3.30. The summed E-state index contributed by atoms with van der Waals surface area (Å²) in [4.78, 5) is 26.7. The van der Waals surface area contributed by atoms with Gasteiger partial charge in [0.1, 0.15) is 5.69 Å². The van der Waals surface area contributed by atoms with E-state index in [-0.39, 0.29) is 17.9 Å². The van der Waals surface area contributed by atoms with E-state index >= 15 is 0 Å². The number of esters is 1. The van der Waals surface area contributed by atoms with Crippen molar-refractivity contribution in [2.24, 2.45) is 0 Å². The van der Waals surface area contributed by atoms with E-state index < -0.39 is 10.9 Å². The standard InChI is InChI=1S/C24H26N3O5S/c1-18-23(33-17-26(18)16-19-5-3-2-4-6-19)9-12-32-24(28)20-7-8-21(22(15-20)27(29)30)25-10-13-31-14-11-25/h2-8,15,17H,9-14,16H2,1H3/q+1. The van der Waals surface area contributed by atoms with Gasteiger partial charge in [0.05, 0.1) is 35.2 Å². The first-order valence-corrected chi connectivity index (χ1v) is 11.7. The van der Waals surface area contributed by atoms with E-state index in [2.05, 4.69) is 29.1 Å². The van der Waals surface area contributed by atoms with Crippen LogP contribution in [-0.2, 0) is 22.4 Å². The number of morpholine rings is 1. The maximum Gasteiger partial charge on any atom is 0.338 e. The predicted octanol–water partition coefficient (Wildman–Crippen LogP) is 3.54. The Morgan fingerprint density at radius 2 is 1.97 bits per heavy atom. The molecule has 0 radical (unpaired) electrons. The van der Waals surface area contributed by atoms with Gasteiger partial charge in [-0.25, -0.2) is 4.79 Å². The number of hydrogen-bond acceptors (Lipinski definition) is 7. The van der Waals surface area contributed by atoms with E-state index in [1.165, 1.54) is 11.6 Å². The number of aromatic nitrogens is 1. The number of benzene rings is 2. The Kier molecular flexibility index (Phi) is 7.31. The fourth-order valence-electron chi connectivity index (χ4n) is 3.82. The zero-order valence-corrected chi connectivity index (χ0v) is 19.3. The summed E-state index contributed by atoms with van der Waals surface area (Å²) in [7, 11) is 0. The molecule has 0 spiro atoms. The fourth-order valence-corrected chi connectivity index (χ4v) is 4.79. The van der Waals surface area contributed by atoms with Crippen molar-refractivity contribution < 1.29 is 23.8 Å². The number of ether oxygens (including phenoxy) is 2. The maximum atomic E-state index is 12.5. The first kappa shape index (κ1) is 22.9. The molecule has 2 heterocycles. The van der Waals surface area contributed by atoms with Gasteiger partial charge in [0.2, 0.25) is 5.51 Å². The molecule has 3 aromatic rings. The first-order chi connectivity index (χ1) is 16.0. The zero-order valence-electron chi connectivity index (χ0n) is 18.4. The number of carbonyl (C=O) groups is 1. The Morgan fingerprint density at radius 1 is 1.21 bits per heavy atom. The monoisotopic (exact) mass is 468 g/mol. The van der Waals surface area contributed by atoms with Crippen molar-refractivity contribution in [3.8, 4) is 0 Å². The van der Waals surface area contributed by atoms with Crippen LogP contribution in [0.3, 0.4) is 0 Å². The van der Waals surface area contributed by atoms with Gasteiger partial charge < -0.3 is 14.4 Å². The van der Waals surface area contributed by atoms with Crippen LogP contribution < -0.4 is 9.47 Å². The number of thiazole rings is 1. The fraction of sp³-hybridized carbons (Fsp3) is 0.333. The molecular formula is C24H26N3O5S+. The number of anilines is 1. The number of nitro groups is 1. The van der Waals surface area contributed by atoms with Crippen LogP contribution in [0.15, 0.2) is 54.0 Å². The number of nitro benzene ring substituents is 1. The lowest BCUT2D eigenvalue weighted by molar-refractivity contribution is -0.689. The van der Waals surface area contributed by atoms with Gasteiger partial charge in [-0.3, -0.25) is 10.1 Å². The number of nitrogens with zero attached hydrogens (tertiary/aromatic N) is 3. The van der Waals surface area contributed by atoms with Crippen molar-refractivity contribution in [2.75, 3.05) is 37.8 Å². The average Bonchev–Trinajstić information content (AvgIpc) is 3.18. The second-order valence-corrected chi connectivity index (χ2v) is 8.73. The van der Waals surface area contributed by atoms with E-state index in [9.17, 15) is 14.9 Å². The van der Waals surface area contributed by atoms with Gasteiger partial charge in [-0.15, -0.1) is 0 Å². The van der Waals surface area contributed by atoms with Gasteiger partial charge in [-0.2, -0.15) is 4.57 Å². The van der Waals surface area contributed by atoms with E-state index in [1.54, 1.807) is 23.5 Å². The lowest BCUT2D eigenvalue weighted by Gasteiger charge is -2.28. The van der Waals surface area contributed by atoms with Crippen LogP contribution in [0.2, 0.25) is 0 Å². The summed E-state index contributed by atoms with van der Waals surface area (Å²) in [6.45, 7) is 5.27. The minimum atomic E-state index is -0.557. The molecule has 1 saturated heterocycles. The third kappa shape index (κ3) is 5.55. The highest BCUT2D eigenvalue weighted by Gasteiger charge is 2.24. The number of hydrogen-bond donors (Lipinski definition) is 0. The highest BCUT2D eigenvalue weighted by molar-refractivity contribution is 7.09. The van der Waals surface area contributed by atoms with Gasteiger partial charge in [-0.05, 0) is 12.1 Å². The molecule has 2 aromatic carbocycles. The van der Waals surface area contributed by atoms with Crippen molar-refractivity contribution >= 4 is 28.7 Å². The Labute approximate surface area is 196 Å². The molecule has 1 aromatic heterocycles. The van der Waals surface area contributed by atoms with Crippen LogP contribution in [0.4, 0.5) is 11.4 Å². The summed E-state index contributed by atoms with van der Waals surface area (Å²) in [5, 5.41) is 11.6. The third-order valence-corrected chi connectivity index (χ3v) is 6.82. The molecule has 1 aliphatic rings. The van der Waals surface area contributed by atoms with Crippen LogP contribution in [0.25, 0.3) is 0 Å². The lowest BCUT2D eigenvalue weighted by atomic mass is 10.1. The molecule has 33 heavy (non-hydrogen) atoms. The summed E-state index contributed by atoms with van der Waals surface area (Å²) in [6.07, 6.45) is 0.595. The summed E-state index contributed by atoms with van der Waals surface area (Å²) in [5.74, 6) is -0.557. The molecule has 4 rings (SSSR count). The molecule has 0 N–H and O–H groups in total. The van der Waals surface area contributed by atoms with Crippen molar-refractivity contribution in [1.29, 1.82) is 0 Å². The number of rotatable bonds is 8. The molecule has 1 aliphatic heterocycles. The van der Waals surface area contributed by atoms with Crippen LogP contribution in [0.5, 0.6) is 0 Å². The van der Waals surface area contributed by atoms with Gasteiger partial charge in [0.25, 0.3) is 5.69 Å². The van der Waals surface area contributed by atoms with Crippen molar-refractivity contribution in [1.82, 2.24) is 0 Å². The zero-order chi connectivity index (χ0) is 23.2. The van der Waals surface area contributed by atoms with Gasteiger partial charge in [-0.1, -0.05) is 41.7 Å². The maximum absolute atomic E-state index is 12.5. The predicted molar refractivity (Wildman–Crippen MR) is 125 cm³/mol. The van der Waals surface area contributed by atoms with Crippen molar-refractivity contribution in [3.63, 3.8) is 0 Å². The molecule has 0 unspecified atom stereocenters. The largest absolute Gasteiger partial charge is 0.462 e. The molecule has 0 atom stereocenters. The molecule has 8 nitrogen and oxygen atoms in total. The molecular weight excluding hydrogens is 442 g/mol. The second kappa shape index (κ2) is 10.5. The SMILES string of the molecule is Cc1c(CCOC(=O)c2ccc(N3CCOCC3)c([N+](=O)[O-])c2)sc[n+]1Cc1ccccc1. The summed E-state index contributed by atoms with van der Waals surface area (Å²) in [5.41, 5.74) is 5.03. The second-order valence-electron chi connectivity index (χ2n) is 7.79. The van der Waals surface area contributed by atoms with E-state index in [1.807, 2.05) is 23.1 Å². The van der Waals surface area contributed by atoms with Crippen LogP contribution in [-0.4, -0.2) is 43.8 Å². The molecule has 0 aliphatic carbocycles. The minimum Gasteiger partial charge on any atom is -0.462 e. The third-order valence-electron chi connectivity index (χ3n) is 5.67. The van der Waals surface area contributed by atoms with Gasteiger partial charge >= 0.3 is 5.97 Å². The molecule has 1 fully saturated rings. The Morgan fingerprint density at radius 3 is 2.70 bits per heavy atom. The van der Waals surface area contributed by atoms with Crippen molar-refractivity contribution in [2.45, 2.75) is 19.9 Å². The molecule has 9 heteroatoms. The lowest BCUT2D eigenvalue weighted by Crippen LogP contribution is -2.36. The Bertz CT molecular complexity index is 1130. The molecule has 0 bridgehead atoms. The van der Waals surface area contributed by atoms with E-state index in [0.29, 0.717) is 38.4 Å². The number of carbonyl (C=O) groups excluding carboxylic acids is 1. The summed E-state index contributed by atoms with van der Waals surface area (Å²) >= 11 is 1.63. The topological polar surface area (TPSA) is 85.8 Å². The van der Waals surface area contributed by atoms with Crippen LogP contribution in [0, 0.1) is 17.0 Å². The van der Waals surface area contributed by atoms with Crippen LogP contribution in [0.1, 0.15) is 26.5 Å².